The maximum atomic E-state index is 13.0. The first kappa shape index (κ1) is 67.4. The smallest absolute Gasteiger partial charge is 0.268 e. The Bertz CT molecular complexity index is 1460. The van der Waals surface area contributed by atoms with E-state index in [9.17, 15) is 19.4 Å². The van der Waals surface area contributed by atoms with E-state index in [0.717, 1.165) is 83.5 Å². The van der Waals surface area contributed by atoms with Gasteiger partial charge in [0.25, 0.3) is 7.82 Å². The molecule has 0 bridgehead atoms. The van der Waals surface area contributed by atoms with E-state index in [1.165, 1.54) is 128 Å². The highest BCUT2D eigenvalue weighted by molar-refractivity contribution is 7.45. The zero-order chi connectivity index (χ0) is 51.3. The number of phosphoric acid groups is 1. The molecule has 1 amide bonds. The normalized spacial score (nSPS) is 14.7. The highest BCUT2D eigenvalue weighted by atomic mass is 31.2. The number of nitrogens with one attached hydrogen (secondary N) is 1. The van der Waals surface area contributed by atoms with Crippen molar-refractivity contribution in [3.63, 3.8) is 0 Å². The summed E-state index contributed by atoms with van der Waals surface area (Å²) in [4.78, 5) is 25.5. The van der Waals surface area contributed by atoms with E-state index in [-0.39, 0.29) is 12.5 Å². The van der Waals surface area contributed by atoms with Gasteiger partial charge < -0.3 is 28.8 Å². The number of aliphatic hydroxyl groups excluding tert-OH is 1. The maximum Gasteiger partial charge on any atom is 0.268 e. The number of allylic oxidation sites excluding steroid dienone is 15. The Kier molecular flexibility index (Phi) is 49.4. The van der Waals surface area contributed by atoms with Crippen LogP contribution in [0.3, 0.4) is 0 Å². The first-order valence-corrected chi connectivity index (χ1v) is 30.1. The molecule has 9 heteroatoms. The minimum Gasteiger partial charge on any atom is -0.756 e. The summed E-state index contributed by atoms with van der Waals surface area (Å²) in [5.41, 5.74) is 0. The topological polar surface area (TPSA) is 108 Å². The number of hydrogen-bond donors (Lipinski definition) is 2. The number of amides is 1. The summed E-state index contributed by atoms with van der Waals surface area (Å²) in [6.45, 7) is 4.51. The Balaban J connectivity index is 4.27. The number of phosphoric ester groups is 1. The van der Waals surface area contributed by atoms with Crippen molar-refractivity contribution in [3.8, 4) is 0 Å². The number of carbonyl (C=O) groups is 1. The molecule has 8 nitrogen and oxygen atoms in total. The van der Waals surface area contributed by atoms with Crippen LogP contribution in [-0.4, -0.2) is 68.5 Å². The third kappa shape index (κ3) is 53.2. The van der Waals surface area contributed by atoms with Gasteiger partial charge in [-0.2, -0.15) is 0 Å². The van der Waals surface area contributed by atoms with Crippen molar-refractivity contribution in [2.24, 2.45) is 0 Å². The van der Waals surface area contributed by atoms with E-state index in [0.29, 0.717) is 17.4 Å². The minimum absolute atomic E-state index is 0.0115. The van der Waals surface area contributed by atoms with E-state index in [4.69, 9.17) is 9.05 Å². The quantitative estimate of drug-likeness (QED) is 0.0272. The van der Waals surface area contributed by atoms with Gasteiger partial charge in [-0.25, -0.2) is 0 Å². The lowest BCUT2D eigenvalue weighted by atomic mass is 10.0. The molecule has 0 saturated heterocycles. The first-order valence-electron chi connectivity index (χ1n) is 28.6. The Labute approximate surface area is 432 Å². The van der Waals surface area contributed by atoms with E-state index in [1.54, 1.807) is 6.08 Å². The van der Waals surface area contributed by atoms with Gasteiger partial charge in [-0.15, -0.1) is 0 Å². The number of hydrogen-bond acceptors (Lipinski definition) is 6. The molecular weight excluding hydrogens is 888 g/mol. The van der Waals surface area contributed by atoms with Crippen LogP contribution in [0.4, 0.5) is 0 Å². The molecule has 0 aliphatic carbocycles. The highest BCUT2D eigenvalue weighted by Crippen LogP contribution is 2.38. The van der Waals surface area contributed by atoms with Gasteiger partial charge in [-0.05, 0) is 83.5 Å². The summed E-state index contributed by atoms with van der Waals surface area (Å²) in [6, 6.07) is -0.912. The van der Waals surface area contributed by atoms with Gasteiger partial charge >= 0.3 is 0 Å². The van der Waals surface area contributed by atoms with E-state index >= 15 is 0 Å². The molecule has 0 aliphatic rings. The predicted molar refractivity (Wildman–Crippen MR) is 302 cm³/mol. The zero-order valence-electron chi connectivity index (χ0n) is 45.9. The Hall–Kier alpha value is -2.58. The molecule has 0 saturated carbocycles. The number of likely N-dealkylation sites (N-methyl/N-ethyl adjacent to an activating group) is 1. The standard InChI is InChI=1S/C61H109N2O6P/c1-6-8-10-12-14-16-18-20-22-24-26-27-28-29-30-31-32-33-34-35-37-39-41-43-45-47-49-51-53-55-61(65)62-59(58-69-70(66,67)68-57-56-63(3,4)5)60(64)54-52-50-48-46-44-42-40-38-36-25-23-21-19-17-15-13-11-9-7-2/h8,10,14,16,20,22,26-27,29-30,32-33,44,46,52,54,59-60,64H,6-7,9,11-13,15,17-19,21,23-25,28,31,34-43,45,47-51,53,55-58H2,1-5H3,(H-,62,65,66,67)/b10-8-,16-14-,22-20-,27-26-,30-29-,33-32-,46-44+,54-52+. The SMILES string of the molecule is CC/C=C\C/C=C\C/C=C\C/C=C\C/C=C\C/C=C\CCCCCCCCCCCCC(=O)NC(COP(=O)([O-])OCC[N+](C)(C)C)C(O)/C=C/CC/C=C/CCCCCCCCCCCCCCC. The predicted octanol–water partition coefficient (Wildman–Crippen LogP) is 16.8. The lowest BCUT2D eigenvalue weighted by Crippen LogP contribution is -2.45. The lowest BCUT2D eigenvalue weighted by Gasteiger charge is -2.29. The highest BCUT2D eigenvalue weighted by Gasteiger charge is 2.23. The number of carbonyl (C=O) groups excluding carboxylic acids is 1. The molecule has 0 rings (SSSR count). The molecule has 0 heterocycles. The van der Waals surface area contributed by atoms with Crippen LogP contribution in [0.1, 0.15) is 232 Å². The summed E-state index contributed by atoms with van der Waals surface area (Å²) in [5, 5.41) is 13.9. The molecule has 0 fully saturated rings. The van der Waals surface area contributed by atoms with Crippen molar-refractivity contribution in [3.05, 3.63) is 97.2 Å². The molecule has 0 aromatic rings. The Morgan fingerprint density at radius 1 is 0.514 bits per heavy atom. The second-order valence-electron chi connectivity index (χ2n) is 20.3. The second kappa shape index (κ2) is 51.3. The maximum absolute atomic E-state index is 13.0. The molecule has 3 unspecified atom stereocenters. The van der Waals surface area contributed by atoms with Crippen LogP contribution in [0.15, 0.2) is 97.2 Å². The fourth-order valence-electron chi connectivity index (χ4n) is 7.82. The van der Waals surface area contributed by atoms with Crippen LogP contribution >= 0.6 is 7.82 Å². The van der Waals surface area contributed by atoms with Crippen LogP contribution < -0.4 is 10.2 Å². The first-order chi connectivity index (χ1) is 34.0. The number of aliphatic hydroxyl groups is 1. The molecule has 404 valence electrons. The van der Waals surface area contributed by atoms with Gasteiger partial charge in [-0.3, -0.25) is 9.36 Å². The number of unbranched alkanes of at least 4 members (excludes halogenated alkanes) is 24. The molecule has 2 N–H and O–H groups in total. The van der Waals surface area contributed by atoms with Gasteiger partial charge in [0.1, 0.15) is 13.2 Å². The summed E-state index contributed by atoms with van der Waals surface area (Å²) >= 11 is 0. The van der Waals surface area contributed by atoms with Gasteiger partial charge in [0.15, 0.2) is 0 Å². The molecule has 0 aliphatic heterocycles. The van der Waals surface area contributed by atoms with Crippen LogP contribution in [0, 0.1) is 0 Å². The van der Waals surface area contributed by atoms with Crippen LogP contribution in [-0.2, 0) is 18.4 Å². The second-order valence-corrected chi connectivity index (χ2v) is 21.7. The van der Waals surface area contributed by atoms with Gasteiger partial charge in [0.05, 0.1) is 39.9 Å². The minimum atomic E-state index is -4.61. The van der Waals surface area contributed by atoms with Crippen molar-refractivity contribution in [1.29, 1.82) is 0 Å². The molecule has 0 aromatic heterocycles. The average Bonchev–Trinajstić information content (AvgIpc) is 3.32. The summed E-state index contributed by atoms with van der Waals surface area (Å²) in [7, 11) is 1.23. The Morgan fingerprint density at radius 3 is 1.33 bits per heavy atom. The molecule has 0 radical (unpaired) electrons. The molecule has 70 heavy (non-hydrogen) atoms. The van der Waals surface area contributed by atoms with E-state index in [1.807, 2.05) is 27.2 Å². The number of quaternary nitrogens is 1. The average molecular weight is 998 g/mol. The van der Waals surface area contributed by atoms with Crippen molar-refractivity contribution < 1.29 is 32.9 Å². The number of nitrogens with zero attached hydrogens (tertiary/aromatic N) is 1. The molecule has 0 aromatic carbocycles. The monoisotopic (exact) mass is 997 g/mol. The van der Waals surface area contributed by atoms with Crippen LogP contribution in [0.5, 0.6) is 0 Å². The zero-order valence-corrected chi connectivity index (χ0v) is 46.8. The lowest BCUT2D eigenvalue weighted by molar-refractivity contribution is -0.870. The largest absolute Gasteiger partial charge is 0.756 e. The van der Waals surface area contributed by atoms with Gasteiger partial charge in [0, 0.05) is 6.42 Å². The fourth-order valence-corrected chi connectivity index (χ4v) is 8.54. The summed E-state index contributed by atoms with van der Waals surface area (Å²) in [6.07, 6.45) is 73.4. The van der Waals surface area contributed by atoms with Gasteiger partial charge in [-0.1, -0.05) is 239 Å². The van der Waals surface area contributed by atoms with Crippen molar-refractivity contribution in [2.45, 2.75) is 244 Å². The molecule has 0 spiro atoms. The number of rotatable bonds is 51. The van der Waals surface area contributed by atoms with Crippen molar-refractivity contribution >= 4 is 13.7 Å². The van der Waals surface area contributed by atoms with Crippen LogP contribution in [0.2, 0.25) is 0 Å². The molecular formula is C61H109N2O6P. The fraction of sp³-hybridized carbons (Fsp3) is 0.721. The third-order valence-electron chi connectivity index (χ3n) is 12.3. The van der Waals surface area contributed by atoms with E-state index in [2.05, 4.69) is 104 Å². The van der Waals surface area contributed by atoms with Gasteiger partial charge in [0.2, 0.25) is 5.91 Å². The van der Waals surface area contributed by atoms with Crippen molar-refractivity contribution in [1.82, 2.24) is 5.32 Å². The molecule has 3 atom stereocenters. The van der Waals surface area contributed by atoms with E-state index < -0.39 is 26.6 Å². The van der Waals surface area contributed by atoms with Crippen molar-refractivity contribution in [2.75, 3.05) is 40.9 Å². The summed E-state index contributed by atoms with van der Waals surface area (Å²) in [5.74, 6) is -0.215. The Morgan fingerprint density at radius 2 is 0.886 bits per heavy atom. The third-order valence-corrected chi connectivity index (χ3v) is 13.2. The summed E-state index contributed by atoms with van der Waals surface area (Å²) < 4.78 is 23.3. The van der Waals surface area contributed by atoms with Crippen LogP contribution in [0.25, 0.3) is 0 Å².